The van der Waals surface area contributed by atoms with E-state index < -0.39 is 16.1 Å². The first-order valence-electron chi connectivity index (χ1n) is 8.80. The second-order valence-electron chi connectivity index (χ2n) is 6.66. The fourth-order valence-electron chi connectivity index (χ4n) is 3.52. The average molecular weight is 346 g/mol. The van der Waals surface area contributed by atoms with E-state index in [9.17, 15) is 13.2 Å². The molecule has 0 aromatic heterocycles. The molecule has 7 heteroatoms. The van der Waals surface area contributed by atoms with Gasteiger partial charge in [-0.1, -0.05) is 13.3 Å². The van der Waals surface area contributed by atoms with Gasteiger partial charge in [0.2, 0.25) is 15.9 Å². The largest absolute Gasteiger partial charge is 0.376 e. The van der Waals surface area contributed by atoms with Crippen LogP contribution in [0.3, 0.4) is 0 Å². The van der Waals surface area contributed by atoms with Crippen molar-refractivity contribution in [3.05, 3.63) is 0 Å². The minimum absolute atomic E-state index is 0.0499. The molecule has 0 aromatic rings. The van der Waals surface area contributed by atoms with Crippen molar-refractivity contribution < 1.29 is 17.9 Å². The monoisotopic (exact) mass is 346 g/mol. The van der Waals surface area contributed by atoms with Crippen LogP contribution in [-0.4, -0.2) is 68.2 Å². The molecule has 23 heavy (non-hydrogen) atoms. The number of nitrogens with zero attached hydrogens (tertiary/aromatic N) is 2. The van der Waals surface area contributed by atoms with Crippen molar-refractivity contribution >= 4 is 15.9 Å². The van der Waals surface area contributed by atoms with Gasteiger partial charge in [-0.25, -0.2) is 8.42 Å². The molecule has 0 unspecified atom stereocenters. The lowest BCUT2D eigenvalue weighted by molar-refractivity contribution is -0.139. The molecule has 134 valence electrons. The van der Waals surface area contributed by atoms with Crippen molar-refractivity contribution in [1.82, 2.24) is 9.21 Å². The summed E-state index contributed by atoms with van der Waals surface area (Å²) in [6.07, 6.45) is 7.72. The molecular weight excluding hydrogens is 316 g/mol. The first-order valence-corrected chi connectivity index (χ1v) is 10.7. The zero-order valence-electron chi connectivity index (χ0n) is 14.4. The quantitative estimate of drug-likeness (QED) is 0.733. The molecule has 0 bridgehead atoms. The molecule has 2 saturated heterocycles. The molecule has 2 rings (SSSR count). The van der Waals surface area contributed by atoms with E-state index in [1.807, 2.05) is 11.8 Å². The van der Waals surface area contributed by atoms with Crippen molar-refractivity contribution in [2.75, 3.05) is 32.5 Å². The van der Waals surface area contributed by atoms with Gasteiger partial charge in [-0.15, -0.1) is 0 Å². The number of rotatable bonds is 6. The van der Waals surface area contributed by atoms with Gasteiger partial charge < -0.3 is 9.64 Å². The summed E-state index contributed by atoms with van der Waals surface area (Å²) in [5.74, 6) is -0.0499. The van der Waals surface area contributed by atoms with Crippen LogP contribution in [0.15, 0.2) is 0 Å². The first kappa shape index (κ1) is 18.7. The molecule has 0 aromatic carbocycles. The first-order chi connectivity index (χ1) is 10.9. The summed E-state index contributed by atoms with van der Waals surface area (Å²) in [6, 6.07) is -0.533. The van der Waals surface area contributed by atoms with Crippen LogP contribution in [0.4, 0.5) is 0 Å². The van der Waals surface area contributed by atoms with E-state index in [0.29, 0.717) is 26.1 Å². The second-order valence-corrected chi connectivity index (χ2v) is 8.59. The van der Waals surface area contributed by atoms with E-state index in [1.54, 1.807) is 0 Å². The zero-order chi connectivity index (χ0) is 16.9. The summed E-state index contributed by atoms with van der Waals surface area (Å²) in [6.45, 7) is 4.50. The summed E-state index contributed by atoms with van der Waals surface area (Å²) in [7, 11) is -3.35. The fraction of sp³-hybridized carbons (Fsp3) is 0.938. The van der Waals surface area contributed by atoms with Gasteiger partial charge in [0, 0.05) is 26.2 Å². The highest BCUT2D eigenvalue weighted by Gasteiger charge is 2.37. The lowest BCUT2D eigenvalue weighted by Crippen LogP contribution is -2.54. The highest BCUT2D eigenvalue weighted by Crippen LogP contribution is 2.23. The van der Waals surface area contributed by atoms with Gasteiger partial charge >= 0.3 is 0 Å². The van der Waals surface area contributed by atoms with Gasteiger partial charge in [-0.2, -0.15) is 4.31 Å². The van der Waals surface area contributed by atoms with Gasteiger partial charge in [0.1, 0.15) is 6.04 Å². The molecule has 0 N–H and O–H groups in total. The van der Waals surface area contributed by atoms with E-state index in [1.165, 1.54) is 10.6 Å². The van der Waals surface area contributed by atoms with Crippen LogP contribution in [0.5, 0.6) is 0 Å². The van der Waals surface area contributed by atoms with Crippen LogP contribution < -0.4 is 0 Å². The van der Waals surface area contributed by atoms with Gasteiger partial charge in [0.25, 0.3) is 0 Å². The van der Waals surface area contributed by atoms with Crippen molar-refractivity contribution in [3.63, 3.8) is 0 Å². The van der Waals surface area contributed by atoms with E-state index in [4.69, 9.17) is 4.74 Å². The van der Waals surface area contributed by atoms with Crippen molar-refractivity contribution in [2.45, 2.75) is 64.0 Å². The Morgan fingerprint density at radius 3 is 2.57 bits per heavy atom. The molecule has 1 amide bonds. The Balaban J connectivity index is 2.08. The van der Waals surface area contributed by atoms with Crippen molar-refractivity contribution in [1.29, 1.82) is 0 Å². The van der Waals surface area contributed by atoms with Gasteiger partial charge in [0.05, 0.1) is 12.4 Å². The Hall–Kier alpha value is -0.660. The highest BCUT2D eigenvalue weighted by molar-refractivity contribution is 7.88. The van der Waals surface area contributed by atoms with Crippen LogP contribution in [-0.2, 0) is 19.6 Å². The number of sulfonamides is 1. The Labute approximate surface area is 140 Å². The molecule has 6 nitrogen and oxygen atoms in total. The van der Waals surface area contributed by atoms with Crippen molar-refractivity contribution in [2.24, 2.45) is 0 Å². The maximum Gasteiger partial charge on any atom is 0.241 e. The minimum Gasteiger partial charge on any atom is -0.376 e. The maximum atomic E-state index is 13.0. The lowest BCUT2D eigenvalue weighted by atomic mass is 10.0. The topological polar surface area (TPSA) is 66.9 Å². The predicted octanol–water partition coefficient (Wildman–Crippen LogP) is 1.61. The minimum atomic E-state index is -3.35. The van der Waals surface area contributed by atoms with Gasteiger partial charge in [0.15, 0.2) is 0 Å². The molecule has 2 atom stereocenters. The van der Waals surface area contributed by atoms with Crippen molar-refractivity contribution in [3.8, 4) is 0 Å². The number of amides is 1. The Morgan fingerprint density at radius 2 is 1.96 bits per heavy atom. The third kappa shape index (κ3) is 5.16. The summed E-state index contributed by atoms with van der Waals surface area (Å²) in [5, 5.41) is 0. The van der Waals surface area contributed by atoms with E-state index in [0.717, 1.165) is 45.1 Å². The number of ether oxygens (including phenoxy) is 1. The molecular formula is C16H30N2O4S. The highest BCUT2D eigenvalue weighted by atomic mass is 32.2. The Bertz CT molecular complexity index is 488. The second kappa shape index (κ2) is 8.44. The standard InChI is InChI=1S/C16H30N2O4S/c1-3-10-17(13-14-8-5-7-12-22-14)16(19)15-9-4-6-11-18(15)23(2,20)21/h14-15H,3-13H2,1-2H3/t14-,15+/m1/s1. The molecule has 0 radical (unpaired) electrons. The molecule has 0 aliphatic carbocycles. The summed E-state index contributed by atoms with van der Waals surface area (Å²) in [5.41, 5.74) is 0. The van der Waals surface area contributed by atoms with E-state index in [-0.39, 0.29) is 12.0 Å². The van der Waals surface area contributed by atoms with Gasteiger partial charge in [-0.05, 0) is 38.5 Å². The van der Waals surface area contributed by atoms with Gasteiger partial charge in [-0.3, -0.25) is 4.79 Å². The number of hydrogen-bond donors (Lipinski definition) is 0. The molecule has 2 aliphatic rings. The number of carbonyl (C=O) groups is 1. The van der Waals surface area contributed by atoms with E-state index in [2.05, 4.69) is 0 Å². The average Bonchev–Trinajstić information content (AvgIpc) is 2.54. The number of carbonyl (C=O) groups excluding carboxylic acids is 1. The normalized spacial score (nSPS) is 26.9. The number of piperidine rings is 1. The predicted molar refractivity (Wildman–Crippen MR) is 89.7 cm³/mol. The SMILES string of the molecule is CCCN(C[C@H]1CCCCO1)C(=O)[C@@H]1CCCCN1S(C)(=O)=O. The third-order valence-electron chi connectivity index (χ3n) is 4.67. The van der Waals surface area contributed by atoms with Crippen LogP contribution >= 0.6 is 0 Å². The van der Waals surface area contributed by atoms with Crippen LogP contribution in [0.2, 0.25) is 0 Å². The van der Waals surface area contributed by atoms with Crippen LogP contribution in [0.1, 0.15) is 51.9 Å². The zero-order valence-corrected chi connectivity index (χ0v) is 15.2. The maximum absolute atomic E-state index is 13.0. The van der Waals surface area contributed by atoms with E-state index >= 15 is 0 Å². The fourth-order valence-corrected chi connectivity index (χ4v) is 4.64. The Kier molecular flexibility index (Phi) is 6.85. The Morgan fingerprint density at radius 1 is 1.22 bits per heavy atom. The van der Waals surface area contributed by atoms with Crippen LogP contribution in [0, 0.1) is 0 Å². The number of hydrogen-bond acceptors (Lipinski definition) is 4. The molecule has 2 fully saturated rings. The molecule has 2 heterocycles. The van der Waals surface area contributed by atoms with Crippen LogP contribution in [0.25, 0.3) is 0 Å². The molecule has 0 spiro atoms. The smallest absolute Gasteiger partial charge is 0.241 e. The molecule has 0 saturated carbocycles. The summed E-state index contributed by atoms with van der Waals surface area (Å²) >= 11 is 0. The molecule has 2 aliphatic heterocycles. The lowest BCUT2D eigenvalue weighted by Gasteiger charge is -2.37. The summed E-state index contributed by atoms with van der Waals surface area (Å²) < 4.78 is 31.2. The summed E-state index contributed by atoms with van der Waals surface area (Å²) in [4.78, 5) is 14.8. The third-order valence-corrected chi connectivity index (χ3v) is 5.96.